The number of fused-ring (bicyclic) bond motifs is 4. The molecule has 12 nitrogen and oxygen atoms in total. The Hall–Kier alpha value is -6.84. The van der Waals surface area contributed by atoms with Gasteiger partial charge < -0.3 is 19.3 Å². The van der Waals surface area contributed by atoms with Crippen LogP contribution in [0.25, 0.3) is 12.2 Å². The van der Waals surface area contributed by atoms with Crippen molar-refractivity contribution in [2.24, 2.45) is 23.7 Å². The van der Waals surface area contributed by atoms with Crippen molar-refractivity contribution in [1.29, 1.82) is 0 Å². The number of nitrogens with one attached hydrogen (secondary N) is 1. The summed E-state index contributed by atoms with van der Waals surface area (Å²) in [5.74, 6) is -6.67. The maximum atomic E-state index is 15.5. The molecule has 2 aliphatic carbocycles. The maximum Gasteiger partial charge on any atom is 0.417 e. The van der Waals surface area contributed by atoms with Crippen LogP contribution in [0.5, 0.6) is 23.0 Å². The normalized spacial score (nSPS) is 23.7. The molecule has 2 N–H and O–H groups in total. The summed E-state index contributed by atoms with van der Waals surface area (Å²) >= 11 is 12.7. The highest BCUT2D eigenvalue weighted by molar-refractivity contribution is 6.33. The number of allylic oxidation sites excluding steroid dienone is 2. The number of nitrogens with zero attached hydrogens (tertiary/aromatic N) is 3. The molecule has 0 bridgehead atoms. The van der Waals surface area contributed by atoms with Gasteiger partial charge in [-0.3, -0.25) is 29.5 Å². The van der Waals surface area contributed by atoms with Crippen LogP contribution in [0, 0.1) is 23.7 Å². The Bertz CT molecular complexity index is 2870. The molecule has 1 aromatic heterocycles. The molecule has 4 amide bonds. The minimum Gasteiger partial charge on any atom is -0.508 e. The van der Waals surface area contributed by atoms with Crippen LogP contribution in [-0.2, 0) is 30.8 Å². The summed E-state index contributed by atoms with van der Waals surface area (Å²) in [5, 5.41) is 12.2. The van der Waals surface area contributed by atoms with Crippen LogP contribution in [-0.4, -0.2) is 60.1 Å². The number of ether oxygens (including phenoxy) is 3. The molecule has 2 saturated heterocycles. The summed E-state index contributed by atoms with van der Waals surface area (Å²) in [4.78, 5) is 64.8. The number of hydrazine groups is 1. The van der Waals surface area contributed by atoms with Crippen molar-refractivity contribution in [1.82, 2.24) is 9.99 Å². The van der Waals surface area contributed by atoms with Crippen LogP contribution in [0.2, 0.25) is 10.0 Å². The number of halogens is 5. The van der Waals surface area contributed by atoms with Crippen LogP contribution >= 0.6 is 23.2 Å². The van der Waals surface area contributed by atoms with E-state index < -0.39 is 81.2 Å². The number of imide groups is 2. The number of anilines is 2. The number of methoxy groups -OCH3 is 3. The molecular formula is C49H39Cl2F3N4O8. The Morgan fingerprint density at radius 2 is 1.52 bits per heavy atom. The monoisotopic (exact) mass is 938 g/mol. The summed E-state index contributed by atoms with van der Waals surface area (Å²) in [6, 6.07) is 23.7. The Morgan fingerprint density at radius 1 is 0.818 bits per heavy atom. The number of aromatic hydroxyl groups is 1. The van der Waals surface area contributed by atoms with Crippen molar-refractivity contribution in [3.8, 4) is 23.0 Å². The van der Waals surface area contributed by atoms with Gasteiger partial charge in [-0.2, -0.15) is 18.2 Å². The van der Waals surface area contributed by atoms with Crippen LogP contribution in [0.4, 0.5) is 24.7 Å². The number of benzene rings is 4. The van der Waals surface area contributed by atoms with Crippen molar-refractivity contribution in [3.05, 3.63) is 147 Å². The second-order valence-corrected chi connectivity index (χ2v) is 17.2. The largest absolute Gasteiger partial charge is 0.508 e. The van der Waals surface area contributed by atoms with E-state index in [-0.39, 0.29) is 24.2 Å². The van der Waals surface area contributed by atoms with Crippen LogP contribution in [0.15, 0.2) is 109 Å². The number of carbonyl (C=O) groups is 4. The second kappa shape index (κ2) is 16.9. The van der Waals surface area contributed by atoms with E-state index in [0.29, 0.717) is 56.4 Å². The van der Waals surface area contributed by atoms with Gasteiger partial charge in [0.05, 0.1) is 60.8 Å². The highest BCUT2D eigenvalue weighted by Gasteiger charge is 2.71. The lowest BCUT2D eigenvalue weighted by molar-refractivity contribution is -0.139. The lowest BCUT2D eigenvalue weighted by Crippen LogP contribution is -2.53. The number of alkyl halides is 3. The van der Waals surface area contributed by atoms with Gasteiger partial charge in [0.2, 0.25) is 11.8 Å². The second-order valence-electron chi connectivity index (χ2n) is 16.4. The molecule has 3 heterocycles. The molecule has 338 valence electrons. The molecule has 0 radical (unpaired) electrons. The van der Waals surface area contributed by atoms with Gasteiger partial charge in [-0.25, -0.2) is 4.98 Å². The maximum absolute atomic E-state index is 15.5. The van der Waals surface area contributed by atoms with Gasteiger partial charge in [-0.05, 0) is 96.6 Å². The van der Waals surface area contributed by atoms with Crippen LogP contribution in [0.3, 0.4) is 0 Å². The number of phenolic OH excluding ortho intramolecular Hbond substituents is 1. The Balaban J connectivity index is 1.13. The molecule has 0 spiro atoms. The molecular weight excluding hydrogens is 900 g/mol. The van der Waals surface area contributed by atoms with Crippen molar-refractivity contribution in [2.75, 3.05) is 31.7 Å². The van der Waals surface area contributed by atoms with E-state index in [1.807, 2.05) is 24.3 Å². The fraction of sp³-hybridized carbons (Fsp3) is 0.245. The Morgan fingerprint density at radius 3 is 2.18 bits per heavy atom. The first kappa shape index (κ1) is 44.4. The smallest absolute Gasteiger partial charge is 0.417 e. The molecule has 6 atom stereocenters. The lowest BCUT2D eigenvalue weighted by Gasteiger charge is -2.50. The topological polar surface area (TPSA) is 148 Å². The van der Waals surface area contributed by atoms with Gasteiger partial charge in [-0.15, -0.1) is 0 Å². The van der Waals surface area contributed by atoms with E-state index in [1.165, 1.54) is 19.2 Å². The summed E-state index contributed by atoms with van der Waals surface area (Å²) in [7, 11) is 4.56. The predicted octanol–water partition coefficient (Wildman–Crippen LogP) is 9.50. The number of hydrogen-bond acceptors (Lipinski definition) is 10. The SMILES string of the molecule is COc1ccc(OC)c(C=Cc2ccc(N3C(=O)C4CC=C5C(CC6C(=O)N(Nc7ncc(C(F)(F)F)cc7Cl)C(=O)C6(c6ccc(Cl)cc6)C5c5cc(OC)ccc5O)C4C3=O)cc2)c1. The van der Waals surface area contributed by atoms with Crippen LogP contribution in [0.1, 0.15) is 46.6 Å². The third-order valence-electron chi connectivity index (χ3n) is 13.1. The van der Waals surface area contributed by atoms with Crippen LogP contribution < -0.4 is 24.5 Å². The number of aromatic nitrogens is 1. The van der Waals surface area contributed by atoms with E-state index in [4.69, 9.17) is 37.4 Å². The fourth-order valence-electron chi connectivity index (χ4n) is 10.2. The zero-order chi connectivity index (χ0) is 46.8. The summed E-state index contributed by atoms with van der Waals surface area (Å²) in [5.41, 5.74) is 2.54. The zero-order valence-electron chi connectivity index (χ0n) is 35.3. The third kappa shape index (κ3) is 7.21. The average Bonchev–Trinajstić information content (AvgIpc) is 3.69. The molecule has 66 heavy (non-hydrogen) atoms. The summed E-state index contributed by atoms with van der Waals surface area (Å²) in [6.07, 6.45) is 1.26. The third-order valence-corrected chi connectivity index (χ3v) is 13.7. The molecule has 2 aliphatic heterocycles. The number of pyridine rings is 1. The standard InChI is InChI=1S/C49H39Cl2F3N4O8/c1-64-31-15-19-40(66-3)26(20-31)7-4-25-5-12-30(13-6-25)57-44(60)34-17-16-33-35(41(34)46(57)62)23-37-45(61)58(56-43-38(51)21-28(24-55-43)49(52,53)54)47(63)48(37,27-8-10-29(50)11-9-27)42(33)36-22-32(65-2)14-18-39(36)59/h4-16,18-22,24,34-35,37,41-42,59H,17,23H2,1-3H3,(H,55,56). The number of hydrogen-bond donors (Lipinski definition) is 2. The first-order chi connectivity index (χ1) is 31.6. The van der Waals surface area contributed by atoms with Crippen molar-refractivity contribution >= 4 is 70.5 Å². The first-order valence-corrected chi connectivity index (χ1v) is 21.4. The summed E-state index contributed by atoms with van der Waals surface area (Å²) < 4.78 is 57.2. The van der Waals surface area contributed by atoms with E-state index in [2.05, 4.69) is 10.4 Å². The molecule has 4 aliphatic rings. The molecule has 6 unspecified atom stereocenters. The number of carbonyl (C=O) groups excluding carboxylic acids is 4. The lowest BCUT2D eigenvalue weighted by atomic mass is 9.49. The van der Waals surface area contributed by atoms with Crippen molar-refractivity contribution in [3.63, 3.8) is 0 Å². The quantitative estimate of drug-likeness (QED) is 0.0789. The minimum atomic E-state index is -4.78. The van der Waals surface area contributed by atoms with Gasteiger partial charge in [0, 0.05) is 28.3 Å². The highest BCUT2D eigenvalue weighted by atomic mass is 35.5. The van der Waals surface area contributed by atoms with Crippen molar-refractivity contribution in [2.45, 2.75) is 30.4 Å². The van der Waals surface area contributed by atoms with Gasteiger partial charge in [-0.1, -0.05) is 71.3 Å². The Kier molecular flexibility index (Phi) is 11.3. The molecule has 3 fully saturated rings. The predicted molar refractivity (Wildman–Crippen MR) is 239 cm³/mol. The zero-order valence-corrected chi connectivity index (χ0v) is 36.8. The van der Waals surface area contributed by atoms with E-state index in [9.17, 15) is 27.9 Å². The number of amides is 4. The van der Waals surface area contributed by atoms with Gasteiger partial charge in [0.1, 0.15) is 23.0 Å². The highest BCUT2D eigenvalue weighted by Crippen LogP contribution is 2.65. The molecule has 4 aromatic carbocycles. The summed E-state index contributed by atoms with van der Waals surface area (Å²) in [6.45, 7) is 0. The first-order valence-electron chi connectivity index (χ1n) is 20.7. The minimum absolute atomic E-state index is 0.0958. The van der Waals surface area contributed by atoms with Gasteiger partial charge >= 0.3 is 6.18 Å². The van der Waals surface area contributed by atoms with E-state index >= 15 is 9.59 Å². The average molecular weight is 940 g/mol. The van der Waals surface area contributed by atoms with Crippen molar-refractivity contribution < 1.29 is 51.7 Å². The molecule has 1 saturated carbocycles. The van der Waals surface area contributed by atoms with Gasteiger partial charge in [0.25, 0.3) is 11.8 Å². The Labute approximate surface area is 386 Å². The van der Waals surface area contributed by atoms with E-state index in [0.717, 1.165) is 16.0 Å². The van der Waals surface area contributed by atoms with Gasteiger partial charge in [0.15, 0.2) is 5.82 Å². The number of phenols is 1. The molecule has 9 rings (SSSR count). The molecule has 17 heteroatoms. The molecule has 5 aromatic rings. The fourth-order valence-corrected chi connectivity index (χ4v) is 10.5. The number of rotatable bonds is 10. The van der Waals surface area contributed by atoms with E-state index in [1.54, 1.807) is 80.9 Å².